The highest BCUT2D eigenvalue weighted by Crippen LogP contribution is 2.22. The zero-order valence-electron chi connectivity index (χ0n) is 12.3. The Morgan fingerprint density at radius 2 is 2.10 bits per heavy atom. The fourth-order valence-corrected chi connectivity index (χ4v) is 4.13. The van der Waals surface area contributed by atoms with Crippen LogP contribution >= 0.6 is 11.3 Å². The molecule has 0 spiro atoms. The van der Waals surface area contributed by atoms with Gasteiger partial charge in [-0.25, -0.2) is 13.1 Å². The van der Waals surface area contributed by atoms with Crippen LogP contribution in [0.1, 0.15) is 22.2 Å². The van der Waals surface area contributed by atoms with Gasteiger partial charge in [-0.3, -0.25) is 4.98 Å². The molecule has 0 radical (unpaired) electrons. The van der Waals surface area contributed by atoms with Gasteiger partial charge < -0.3 is 5.32 Å². The van der Waals surface area contributed by atoms with Gasteiger partial charge in [-0.05, 0) is 38.5 Å². The van der Waals surface area contributed by atoms with E-state index in [4.69, 9.17) is 0 Å². The van der Waals surface area contributed by atoms with E-state index in [0.717, 1.165) is 4.88 Å². The molecule has 0 aliphatic rings. The Balaban J connectivity index is 2.18. The lowest BCUT2D eigenvalue weighted by Crippen LogP contribution is -2.24. The van der Waals surface area contributed by atoms with E-state index in [2.05, 4.69) is 15.0 Å². The minimum Gasteiger partial charge on any atom is -0.384 e. The van der Waals surface area contributed by atoms with Crippen LogP contribution in [0.4, 0.5) is 5.69 Å². The van der Waals surface area contributed by atoms with E-state index in [-0.39, 0.29) is 4.90 Å². The average Bonchev–Trinajstić information content (AvgIpc) is 2.77. The molecule has 0 bridgehead atoms. The second kappa shape index (κ2) is 6.55. The van der Waals surface area contributed by atoms with Gasteiger partial charge in [0.25, 0.3) is 0 Å². The quantitative estimate of drug-likeness (QED) is 0.856. The molecule has 2 rings (SSSR count). The second-order valence-corrected chi connectivity index (χ2v) is 7.75. The lowest BCUT2D eigenvalue weighted by Gasteiger charge is -2.11. The lowest BCUT2D eigenvalue weighted by atomic mass is 10.3. The van der Waals surface area contributed by atoms with E-state index in [1.807, 2.05) is 26.8 Å². The first-order valence-corrected chi connectivity index (χ1v) is 8.97. The summed E-state index contributed by atoms with van der Waals surface area (Å²) >= 11 is 1.61. The summed E-state index contributed by atoms with van der Waals surface area (Å²) in [5, 5.41) is 3.04. The van der Waals surface area contributed by atoms with E-state index in [0.29, 0.717) is 18.8 Å². The normalized spacial score (nSPS) is 11.6. The third-order valence-corrected chi connectivity index (χ3v) is 5.68. The Kier molecular flexibility index (Phi) is 4.97. The molecule has 2 aromatic heterocycles. The van der Waals surface area contributed by atoms with Crippen LogP contribution in [0.2, 0.25) is 0 Å². The highest BCUT2D eigenvalue weighted by molar-refractivity contribution is 7.89. The molecule has 2 aromatic rings. The van der Waals surface area contributed by atoms with Gasteiger partial charge in [0.1, 0.15) is 4.90 Å². The molecule has 0 aliphatic carbocycles. The zero-order chi connectivity index (χ0) is 15.5. The number of nitrogens with zero attached hydrogens (tertiary/aromatic N) is 1. The standard InChI is InChI=1S/C14H19N3O2S2/c1-4-16-13-5-6-15-9-14(13)21(18,19)17-8-12-7-10(2)11(3)20-12/h5-7,9,17H,4,8H2,1-3H3,(H,15,16). The number of rotatable bonds is 6. The summed E-state index contributed by atoms with van der Waals surface area (Å²) < 4.78 is 27.4. The summed E-state index contributed by atoms with van der Waals surface area (Å²) in [6.07, 6.45) is 2.94. The Morgan fingerprint density at radius 1 is 1.33 bits per heavy atom. The van der Waals surface area contributed by atoms with Crippen molar-refractivity contribution in [3.63, 3.8) is 0 Å². The minimum absolute atomic E-state index is 0.178. The van der Waals surface area contributed by atoms with Crippen molar-refractivity contribution in [1.82, 2.24) is 9.71 Å². The van der Waals surface area contributed by atoms with Gasteiger partial charge in [0.05, 0.1) is 5.69 Å². The minimum atomic E-state index is -3.58. The zero-order valence-corrected chi connectivity index (χ0v) is 13.9. The molecule has 114 valence electrons. The molecule has 2 N–H and O–H groups in total. The lowest BCUT2D eigenvalue weighted by molar-refractivity contribution is 0.581. The predicted octanol–water partition coefficient (Wildman–Crippen LogP) is 2.67. The Labute approximate surface area is 129 Å². The summed E-state index contributed by atoms with van der Waals surface area (Å²) in [6, 6.07) is 3.68. The van der Waals surface area contributed by atoms with Crippen molar-refractivity contribution in [3.05, 3.63) is 39.8 Å². The predicted molar refractivity (Wildman–Crippen MR) is 86.2 cm³/mol. The molecular weight excluding hydrogens is 306 g/mol. The number of hydrogen-bond acceptors (Lipinski definition) is 5. The van der Waals surface area contributed by atoms with E-state index in [9.17, 15) is 8.42 Å². The summed E-state index contributed by atoms with van der Waals surface area (Å²) in [5.74, 6) is 0. The van der Waals surface area contributed by atoms with Crippen molar-refractivity contribution in [1.29, 1.82) is 0 Å². The van der Waals surface area contributed by atoms with Gasteiger partial charge in [0, 0.05) is 35.2 Å². The maximum atomic E-state index is 12.4. The van der Waals surface area contributed by atoms with Crippen LogP contribution in [-0.4, -0.2) is 19.9 Å². The number of sulfonamides is 1. The topological polar surface area (TPSA) is 71.1 Å². The molecule has 0 unspecified atom stereocenters. The Bertz CT molecular complexity index is 704. The van der Waals surface area contributed by atoms with Crippen molar-refractivity contribution in [2.24, 2.45) is 0 Å². The van der Waals surface area contributed by atoms with Gasteiger partial charge in [0.15, 0.2) is 0 Å². The highest BCUT2D eigenvalue weighted by atomic mass is 32.2. The molecule has 0 atom stereocenters. The van der Waals surface area contributed by atoms with E-state index in [1.54, 1.807) is 23.6 Å². The third kappa shape index (κ3) is 3.81. The van der Waals surface area contributed by atoms with Crippen LogP contribution in [0.3, 0.4) is 0 Å². The highest BCUT2D eigenvalue weighted by Gasteiger charge is 2.18. The van der Waals surface area contributed by atoms with Gasteiger partial charge in [-0.2, -0.15) is 0 Å². The van der Waals surface area contributed by atoms with Gasteiger partial charge in [0.2, 0.25) is 10.0 Å². The van der Waals surface area contributed by atoms with Crippen molar-refractivity contribution < 1.29 is 8.42 Å². The monoisotopic (exact) mass is 325 g/mol. The maximum absolute atomic E-state index is 12.4. The number of nitrogens with one attached hydrogen (secondary N) is 2. The number of anilines is 1. The van der Waals surface area contributed by atoms with Crippen LogP contribution in [-0.2, 0) is 16.6 Å². The first-order chi connectivity index (χ1) is 9.94. The van der Waals surface area contributed by atoms with Crippen LogP contribution in [0.25, 0.3) is 0 Å². The number of aromatic nitrogens is 1. The maximum Gasteiger partial charge on any atom is 0.244 e. The molecule has 0 aliphatic heterocycles. The summed E-state index contributed by atoms with van der Waals surface area (Å²) in [4.78, 5) is 6.30. The summed E-state index contributed by atoms with van der Waals surface area (Å²) in [7, 11) is -3.58. The number of pyridine rings is 1. The van der Waals surface area contributed by atoms with Gasteiger partial charge >= 0.3 is 0 Å². The van der Waals surface area contributed by atoms with E-state index in [1.165, 1.54) is 16.6 Å². The largest absolute Gasteiger partial charge is 0.384 e. The van der Waals surface area contributed by atoms with Gasteiger partial charge in [-0.1, -0.05) is 0 Å². The number of hydrogen-bond donors (Lipinski definition) is 2. The molecule has 2 heterocycles. The number of thiophene rings is 1. The molecular formula is C14H19N3O2S2. The molecule has 7 heteroatoms. The smallest absolute Gasteiger partial charge is 0.244 e. The summed E-state index contributed by atoms with van der Waals surface area (Å²) in [6.45, 7) is 6.91. The van der Waals surface area contributed by atoms with Crippen molar-refractivity contribution in [2.75, 3.05) is 11.9 Å². The fraction of sp³-hybridized carbons (Fsp3) is 0.357. The SMILES string of the molecule is CCNc1ccncc1S(=O)(=O)NCc1cc(C)c(C)s1. The van der Waals surface area contributed by atoms with Crippen LogP contribution in [0.15, 0.2) is 29.4 Å². The van der Waals surface area contributed by atoms with Crippen LogP contribution in [0, 0.1) is 13.8 Å². The summed E-state index contributed by atoms with van der Waals surface area (Å²) in [5.41, 5.74) is 1.75. The molecule has 21 heavy (non-hydrogen) atoms. The average molecular weight is 325 g/mol. The van der Waals surface area contributed by atoms with Crippen molar-refractivity contribution in [2.45, 2.75) is 32.2 Å². The Morgan fingerprint density at radius 3 is 2.71 bits per heavy atom. The number of aryl methyl sites for hydroxylation is 2. The van der Waals surface area contributed by atoms with E-state index >= 15 is 0 Å². The van der Waals surface area contributed by atoms with Gasteiger partial charge in [-0.15, -0.1) is 11.3 Å². The first kappa shape index (κ1) is 15.9. The molecule has 0 saturated carbocycles. The Hall–Kier alpha value is -1.44. The van der Waals surface area contributed by atoms with E-state index < -0.39 is 10.0 Å². The molecule has 5 nitrogen and oxygen atoms in total. The molecule has 0 amide bonds. The van der Waals surface area contributed by atoms with Crippen molar-refractivity contribution >= 4 is 27.0 Å². The third-order valence-electron chi connectivity index (χ3n) is 3.09. The van der Waals surface area contributed by atoms with Crippen LogP contribution in [0.5, 0.6) is 0 Å². The first-order valence-electron chi connectivity index (χ1n) is 6.67. The molecule has 0 saturated heterocycles. The van der Waals surface area contributed by atoms with Crippen LogP contribution < -0.4 is 10.0 Å². The molecule has 0 aromatic carbocycles. The molecule has 0 fully saturated rings. The second-order valence-electron chi connectivity index (χ2n) is 4.68. The van der Waals surface area contributed by atoms with Crippen molar-refractivity contribution in [3.8, 4) is 0 Å². The fourth-order valence-electron chi connectivity index (χ4n) is 1.91.